The van der Waals surface area contributed by atoms with Gasteiger partial charge < -0.3 is 19.7 Å². The van der Waals surface area contributed by atoms with Gasteiger partial charge in [-0.3, -0.25) is 4.79 Å². The molecule has 0 bridgehead atoms. The van der Waals surface area contributed by atoms with Gasteiger partial charge >= 0.3 is 0 Å². The zero-order valence-corrected chi connectivity index (χ0v) is 16.7. The molecule has 5 nitrogen and oxygen atoms in total. The quantitative estimate of drug-likeness (QED) is 0.644. The molecule has 0 spiro atoms. The molecule has 146 valence electrons. The third-order valence-corrected chi connectivity index (χ3v) is 5.54. The van der Waals surface area contributed by atoms with Crippen molar-refractivity contribution in [3.63, 3.8) is 0 Å². The SMILES string of the molecule is O=C(NC1CCOC[C@H]1O)c1cn(Cc2ccc(Br)cc2)c2cccc(F)c12. The Morgan fingerprint density at radius 1 is 1.29 bits per heavy atom. The van der Waals surface area contributed by atoms with E-state index >= 15 is 0 Å². The van der Waals surface area contributed by atoms with Crippen LogP contribution in [0.4, 0.5) is 4.39 Å². The minimum atomic E-state index is -0.765. The lowest BCUT2D eigenvalue weighted by Crippen LogP contribution is -2.48. The Morgan fingerprint density at radius 2 is 2.07 bits per heavy atom. The van der Waals surface area contributed by atoms with E-state index in [1.165, 1.54) is 6.07 Å². The second kappa shape index (κ2) is 8.03. The van der Waals surface area contributed by atoms with Crippen LogP contribution < -0.4 is 5.32 Å². The van der Waals surface area contributed by atoms with E-state index in [0.717, 1.165) is 10.0 Å². The fourth-order valence-electron chi connectivity index (χ4n) is 3.54. The normalized spacial score (nSPS) is 19.7. The number of nitrogens with one attached hydrogen (secondary N) is 1. The van der Waals surface area contributed by atoms with E-state index in [1.54, 1.807) is 18.3 Å². The van der Waals surface area contributed by atoms with Gasteiger partial charge in [0.2, 0.25) is 0 Å². The number of hydrogen-bond acceptors (Lipinski definition) is 3. The smallest absolute Gasteiger partial charge is 0.253 e. The highest BCUT2D eigenvalue weighted by Crippen LogP contribution is 2.26. The second-order valence-electron chi connectivity index (χ2n) is 6.94. The number of benzene rings is 2. The van der Waals surface area contributed by atoms with Crippen LogP contribution >= 0.6 is 15.9 Å². The Morgan fingerprint density at radius 3 is 2.82 bits per heavy atom. The van der Waals surface area contributed by atoms with Gasteiger partial charge in [0.05, 0.1) is 29.8 Å². The Kier molecular flexibility index (Phi) is 5.48. The average molecular weight is 447 g/mol. The number of fused-ring (bicyclic) bond motifs is 1. The van der Waals surface area contributed by atoms with Crippen LogP contribution in [0.1, 0.15) is 22.3 Å². The molecule has 2 heterocycles. The zero-order valence-electron chi connectivity index (χ0n) is 15.1. The van der Waals surface area contributed by atoms with Gasteiger partial charge in [0, 0.05) is 29.2 Å². The minimum Gasteiger partial charge on any atom is -0.389 e. The molecule has 0 aliphatic carbocycles. The van der Waals surface area contributed by atoms with Crippen molar-refractivity contribution < 1.29 is 19.0 Å². The lowest BCUT2D eigenvalue weighted by atomic mass is 10.1. The van der Waals surface area contributed by atoms with Gasteiger partial charge in [0.1, 0.15) is 5.82 Å². The molecule has 1 fully saturated rings. The molecule has 1 saturated heterocycles. The van der Waals surface area contributed by atoms with Crippen molar-refractivity contribution in [2.75, 3.05) is 13.2 Å². The maximum Gasteiger partial charge on any atom is 0.253 e. The number of aliphatic hydroxyl groups is 1. The lowest BCUT2D eigenvalue weighted by Gasteiger charge is -2.28. The number of ether oxygens (including phenoxy) is 1. The number of hydrogen-bond donors (Lipinski definition) is 2. The van der Waals surface area contributed by atoms with E-state index in [0.29, 0.717) is 30.5 Å². The molecule has 1 amide bonds. The number of amides is 1. The predicted molar refractivity (Wildman–Crippen MR) is 108 cm³/mol. The van der Waals surface area contributed by atoms with Crippen molar-refractivity contribution >= 4 is 32.7 Å². The van der Waals surface area contributed by atoms with Crippen LogP contribution in [0.5, 0.6) is 0 Å². The number of rotatable bonds is 4. The third kappa shape index (κ3) is 3.83. The Bertz CT molecular complexity index is 1000. The first-order chi connectivity index (χ1) is 13.5. The van der Waals surface area contributed by atoms with Gasteiger partial charge in [-0.25, -0.2) is 4.39 Å². The Labute approximate surface area is 170 Å². The molecule has 3 aromatic rings. The zero-order chi connectivity index (χ0) is 19.7. The molecule has 1 aliphatic rings. The third-order valence-electron chi connectivity index (χ3n) is 5.01. The highest BCUT2D eigenvalue weighted by atomic mass is 79.9. The summed E-state index contributed by atoms with van der Waals surface area (Å²) in [5, 5.41) is 13.2. The summed E-state index contributed by atoms with van der Waals surface area (Å²) in [5.41, 5.74) is 1.96. The van der Waals surface area contributed by atoms with Crippen LogP contribution in [-0.2, 0) is 11.3 Å². The molecular formula is C21H20BrFN2O3. The summed E-state index contributed by atoms with van der Waals surface area (Å²) >= 11 is 3.42. The molecule has 28 heavy (non-hydrogen) atoms. The summed E-state index contributed by atoms with van der Waals surface area (Å²) in [6.45, 7) is 1.17. The lowest BCUT2D eigenvalue weighted by molar-refractivity contribution is -0.0260. The molecule has 2 N–H and O–H groups in total. The summed E-state index contributed by atoms with van der Waals surface area (Å²) in [6.07, 6.45) is 1.43. The fourth-order valence-corrected chi connectivity index (χ4v) is 3.80. The standard InChI is InChI=1S/C21H20BrFN2O3/c22-14-6-4-13(5-7-14)10-25-11-15(20-16(23)2-1-3-18(20)25)21(27)24-17-8-9-28-12-19(17)26/h1-7,11,17,19,26H,8-10,12H2,(H,24,27)/t17?,19-/m1/s1. The molecular weight excluding hydrogens is 427 g/mol. The molecule has 2 aromatic carbocycles. The number of aromatic nitrogens is 1. The van der Waals surface area contributed by atoms with Crippen LogP contribution in [-0.4, -0.2) is 40.9 Å². The van der Waals surface area contributed by atoms with Crippen molar-refractivity contribution in [3.8, 4) is 0 Å². The summed E-state index contributed by atoms with van der Waals surface area (Å²) in [4.78, 5) is 12.9. The van der Waals surface area contributed by atoms with Crippen LogP contribution in [0.15, 0.2) is 53.1 Å². The maximum absolute atomic E-state index is 14.6. The van der Waals surface area contributed by atoms with Gasteiger partial charge in [0.25, 0.3) is 5.91 Å². The molecule has 0 saturated carbocycles. The largest absolute Gasteiger partial charge is 0.389 e. The molecule has 7 heteroatoms. The number of halogens is 2. The van der Waals surface area contributed by atoms with Crippen molar-refractivity contribution in [3.05, 3.63) is 70.1 Å². The molecule has 1 aliphatic heterocycles. The topological polar surface area (TPSA) is 63.5 Å². The van der Waals surface area contributed by atoms with Crippen LogP contribution in [0, 0.1) is 5.82 Å². The summed E-state index contributed by atoms with van der Waals surface area (Å²) in [5.74, 6) is -0.833. The van der Waals surface area contributed by atoms with E-state index in [4.69, 9.17) is 4.74 Å². The minimum absolute atomic E-state index is 0.185. The highest BCUT2D eigenvalue weighted by Gasteiger charge is 2.27. The maximum atomic E-state index is 14.6. The molecule has 2 atom stereocenters. The highest BCUT2D eigenvalue weighted by molar-refractivity contribution is 9.10. The first-order valence-corrected chi connectivity index (χ1v) is 9.90. The van der Waals surface area contributed by atoms with Crippen molar-refractivity contribution in [2.45, 2.75) is 25.1 Å². The second-order valence-corrected chi connectivity index (χ2v) is 7.86. The summed E-state index contributed by atoms with van der Waals surface area (Å²) < 4.78 is 22.7. The van der Waals surface area contributed by atoms with Crippen molar-refractivity contribution in [1.29, 1.82) is 0 Å². The molecule has 4 rings (SSSR count). The molecule has 1 unspecified atom stereocenters. The van der Waals surface area contributed by atoms with Gasteiger partial charge in [-0.1, -0.05) is 34.1 Å². The Hall–Kier alpha value is -2.22. The van der Waals surface area contributed by atoms with Gasteiger partial charge in [-0.05, 0) is 36.2 Å². The van der Waals surface area contributed by atoms with Gasteiger partial charge in [0.15, 0.2) is 0 Å². The summed E-state index contributed by atoms with van der Waals surface area (Å²) in [6, 6.07) is 12.2. The van der Waals surface area contributed by atoms with Crippen molar-refractivity contribution in [2.24, 2.45) is 0 Å². The number of carbonyl (C=O) groups is 1. The first-order valence-electron chi connectivity index (χ1n) is 9.11. The predicted octanol–water partition coefficient (Wildman–Crippen LogP) is 3.47. The molecule has 1 aromatic heterocycles. The number of carbonyl (C=O) groups excluding carboxylic acids is 1. The van der Waals surface area contributed by atoms with Crippen LogP contribution in [0.3, 0.4) is 0 Å². The van der Waals surface area contributed by atoms with Gasteiger partial charge in [-0.15, -0.1) is 0 Å². The van der Waals surface area contributed by atoms with E-state index in [-0.39, 0.29) is 12.2 Å². The van der Waals surface area contributed by atoms with E-state index in [9.17, 15) is 14.3 Å². The number of aliphatic hydroxyl groups excluding tert-OH is 1. The van der Waals surface area contributed by atoms with Crippen LogP contribution in [0.2, 0.25) is 0 Å². The Balaban J connectivity index is 1.68. The fraction of sp³-hybridized carbons (Fsp3) is 0.286. The van der Waals surface area contributed by atoms with E-state index in [2.05, 4.69) is 21.2 Å². The van der Waals surface area contributed by atoms with Gasteiger partial charge in [-0.2, -0.15) is 0 Å². The van der Waals surface area contributed by atoms with E-state index in [1.807, 2.05) is 28.8 Å². The van der Waals surface area contributed by atoms with Crippen molar-refractivity contribution in [1.82, 2.24) is 9.88 Å². The van der Waals surface area contributed by atoms with Crippen LogP contribution in [0.25, 0.3) is 10.9 Å². The monoisotopic (exact) mass is 446 g/mol. The first kappa shape index (κ1) is 19.1. The average Bonchev–Trinajstić information content (AvgIpc) is 3.05. The number of nitrogens with zero attached hydrogens (tertiary/aromatic N) is 1. The summed E-state index contributed by atoms with van der Waals surface area (Å²) in [7, 11) is 0. The van der Waals surface area contributed by atoms with E-state index < -0.39 is 23.9 Å². The molecule has 0 radical (unpaired) electrons.